The van der Waals surface area contributed by atoms with Crippen LogP contribution in [0, 0.1) is 5.92 Å². The number of amides is 1. The van der Waals surface area contributed by atoms with Gasteiger partial charge in [0.1, 0.15) is 13.2 Å². The minimum Gasteiger partial charge on any atom is -0.486 e. The Balaban J connectivity index is 1.60. The molecule has 2 aliphatic heterocycles. The van der Waals surface area contributed by atoms with E-state index in [-0.39, 0.29) is 18.4 Å². The lowest BCUT2D eigenvalue weighted by Gasteiger charge is -2.31. The van der Waals surface area contributed by atoms with Crippen molar-refractivity contribution in [1.29, 1.82) is 0 Å². The van der Waals surface area contributed by atoms with Crippen molar-refractivity contribution in [3.8, 4) is 11.5 Å². The molecule has 1 amide bonds. The van der Waals surface area contributed by atoms with Gasteiger partial charge >= 0.3 is 0 Å². The number of rotatable bonds is 5. The molecule has 0 unspecified atom stereocenters. The molecule has 132 valence electrons. The van der Waals surface area contributed by atoms with E-state index < -0.39 is 0 Å². The minimum atomic E-state index is -0.0537. The Bertz CT molecular complexity index is 596. The molecule has 2 heterocycles. The van der Waals surface area contributed by atoms with Crippen LogP contribution in [0.2, 0.25) is 5.02 Å². The summed E-state index contributed by atoms with van der Waals surface area (Å²) < 4.78 is 16.7. The molecule has 2 atom stereocenters. The number of hydrogen-bond donors (Lipinski definition) is 2. The van der Waals surface area contributed by atoms with Crippen molar-refractivity contribution in [2.45, 2.75) is 18.9 Å². The fourth-order valence-electron chi connectivity index (χ4n) is 3.19. The van der Waals surface area contributed by atoms with Crippen LogP contribution >= 0.6 is 11.6 Å². The zero-order chi connectivity index (χ0) is 16.9. The van der Waals surface area contributed by atoms with Gasteiger partial charge in [0.2, 0.25) is 5.91 Å². The van der Waals surface area contributed by atoms with Crippen molar-refractivity contribution < 1.29 is 19.0 Å². The summed E-state index contributed by atoms with van der Waals surface area (Å²) >= 11 is 6.11. The predicted molar refractivity (Wildman–Crippen MR) is 90.9 cm³/mol. The Kier molecular flexibility index (Phi) is 5.81. The number of nitrogens with one attached hydrogen (secondary N) is 2. The topological polar surface area (TPSA) is 68.8 Å². The molecule has 1 fully saturated rings. The highest BCUT2D eigenvalue weighted by Crippen LogP contribution is 2.37. The molecule has 6 nitrogen and oxygen atoms in total. The Morgan fingerprint density at radius 3 is 3.08 bits per heavy atom. The van der Waals surface area contributed by atoms with Crippen molar-refractivity contribution in [3.05, 3.63) is 22.7 Å². The lowest BCUT2D eigenvalue weighted by molar-refractivity contribution is -0.121. The number of piperidine rings is 1. The van der Waals surface area contributed by atoms with Gasteiger partial charge in [-0.1, -0.05) is 11.6 Å². The quantitative estimate of drug-likeness (QED) is 0.836. The molecule has 0 bridgehead atoms. The van der Waals surface area contributed by atoms with E-state index >= 15 is 0 Å². The second kappa shape index (κ2) is 8.05. The van der Waals surface area contributed by atoms with Gasteiger partial charge in [-0.3, -0.25) is 4.79 Å². The van der Waals surface area contributed by atoms with Crippen LogP contribution in [0.15, 0.2) is 12.1 Å². The molecule has 3 rings (SSSR count). The number of fused-ring (bicyclic) bond motifs is 1. The van der Waals surface area contributed by atoms with Crippen LogP contribution < -0.4 is 20.1 Å². The minimum absolute atomic E-state index is 0.0537. The maximum atomic E-state index is 12.3. The summed E-state index contributed by atoms with van der Waals surface area (Å²) in [5, 5.41) is 6.85. The second-order valence-corrected chi connectivity index (χ2v) is 6.53. The maximum Gasteiger partial charge on any atom is 0.224 e. The SMILES string of the molecule is CO[C@@H]1CNCC[C@@H]1CNC(=O)Cc1cc(Cl)cc2c1OCCO2. The van der Waals surface area contributed by atoms with Crippen molar-refractivity contribution in [1.82, 2.24) is 10.6 Å². The van der Waals surface area contributed by atoms with E-state index in [0.717, 1.165) is 25.1 Å². The third-order valence-corrected chi connectivity index (χ3v) is 4.68. The second-order valence-electron chi connectivity index (χ2n) is 6.10. The summed E-state index contributed by atoms with van der Waals surface area (Å²) in [4.78, 5) is 12.3. The number of benzene rings is 1. The van der Waals surface area contributed by atoms with Crippen LogP contribution in [-0.2, 0) is 16.0 Å². The average molecular weight is 355 g/mol. The molecule has 0 aliphatic carbocycles. The van der Waals surface area contributed by atoms with E-state index in [4.69, 9.17) is 25.8 Å². The van der Waals surface area contributed by atoms with E-state index in [1.165, 1.54) is 0 Å². The first kappa shape index (κ1) is 17.3. The molecule has 0 saturated carbocycles. The van der Waals surface area contributed by atoms with Gasteiger partial charge in [0.15, 0.2) is 11.5 Å². The molecule has 0 spiro atoms. The van der Waals surface area contributed by atoms with Crippen LogP contribution in [0.25, 0.3) is 0 Å². The van der Waals surface area contributed by atoms with Crippen LogP contribution in [0.4, 0.5) is 0 Å². The molecule has 24 heavy (non-hydrogen) atoms. The Morgan fingerprint density at radius 1 is 1.42 bits per heavy atom. The normalized spacial score (nSPS) is 22.9. The van der Waals surface area contributed by atoms with Crippen molar-refractivity contribution in [2.24, 2.45) is 5.92 Å². The first-order chi connectivity index (χ1) is 11.7. The van der Waals surface area contributed by atoms with Gasteiger partial charge in [-0.2, -0.15) is 0 Å². The summed E-state index contributed by atoms with van der Waals surface area (Å²) in [6.07, 6.45) is 1.34. The molecule has 1 aromatic rings. The van der Waals surface area contributed by atoms with Crippen molar-refractivity contribution in [3.63, 3.8) is 0 Å². The third kappa shape index (κ3) is 4.12. The summed E-state index contributed by atoms with van der Waals surface area (Å²) in [6.45, 7) is 3.36. The fraction of sp³-hybridized carbons (Fsp3) is 0.588. The molecule has 2 N–H and O–H groups in total. The Morgan fingerprint density at radius 2 is 2.25 bits per heavy atom. The highest BCUT2D eigenvalue weighted by atomic mass is 35.5. The predicted octanol–water partition coefficient (Wildman–Crippen LogP) is 1.39. The van der Waals surface area contributed by atoms with E-state index in [1.54, 1.807) is 19.2 Å². The molecule has 0 radical (unpaired) electrons. The van der Waals surface area contributed by atoms with Crippen molar-refractivity contribution in [2.75, 3.05) is 40.0 Å². The maximum absolute atomic E-state index is 12.3. The number of carbonyl (C=O) groups excluding carboxylic acids is 1. The molecule has 2 aliphatic rings. The first-order valence-electron chi connectivity index (χ1n) is 8.25. The number of ether oxygens (including phenoxy) is 3. The van der Waals surface area contributed by atoms with Gasteiger partial charge < -0.3 is 24.8 Å². The Labute approximate surface area is 146 Å². The summed E-state index contributed by atoms with van der Waals surface area (Å²) in [5.74, 6) is 1.50. The molecular weight excluding hydrogens is 332 g/mol. The van der Waals surface area contributed by atoms with Gasteiger partial charge in [-0.05, 0) is 19.0 Å². The van der Waals surface area contributed by atoms with Crippen LogP contribution in [-0.4, -0.2) is 52.0 Å². The number of halogens is 1. The zero-order valence-corrected chi connectivity index (χ0v) is 14.5. The van der Waals surface area contributed by atoms with E-state index in [9.17, 15) is 4.79 Å². The lowest BCUT2D eigenvalue weighted by Crippen LogP contribution is -2.46. The standard InChI is InChI=1S/C17H23ClN2O4/c1-22-15-10-19-3-2-11(15)9-20-16(21)7-12-6-13(18)8-14-17(12)24-5-4-23-14/h6,8,11,15,19H,2-5,7,9-10H2,1H3,(H,20,21)/t11-,15-/m1/s1. The van der Waals surface area contributed by atoms with E-state index in [1.807, 2.05) is 0 Å². The smallest absolute Gasteiger partial charge is 0.224 e. The fourth-order valence-corrected chi connectivity index (χ4v) is 3.43. The Hall–Kier alpha value is -1.50. The number of hydrogen-bond acceptors (Lipinski definition) is 5. The zero-order valence-electron chi connectivity index (χ0n) is 13.8. The monoisotopic (exact) mass is 354 g/mol. The summed E-state index contributed by atoms with van der Waals surface area (Å²) in [7, 11) is 1.71. The number of carbonyl (C=O) groups is 1. The number of methoxy groups -OCH3 is 1. The molecule has 0 aromatic heterocycles. The van der Waals surface area contributed by atoms with Gasteiger partial charge in [0, 0.05) is 42.8 Å². The van der Waals surface area contributed by atoms with E-state index in [2.05, 4.69) is 10.6 Å². The highest BCUT2D eigenvalue weighted by Gasteiger charge is 2.25. The van der Waals surface area contributed by atoms with Gasteiger partial charge in [-0.25, -0.2) is 0 Å². The van der Waals surface area contributed by atoms with Gasteiger partial charge in [-0.15, -0.1) is 0 Å². The highest BCUT2D eigenvalue weighted by molar-refractivity contribution is 6.30. The van der Waals surface area contributed by atoms with Crippen LogP contribution in [0.3, 0.4) is 0 Å². The van der Waals surface area contributed by atoms with E-state index in [0.29, 0.717) is 42.2 Å². The average Bonchev–Trinajstić information content (AvgIpc) is 2.60. The molecule has 1 saturated heterocycles. The lowest BCUT2D eigenvalue weighted by atomic mass is 9.95. The van der Waals surface area contributed by atoms with Gasteiger partial charge in [0.05, 0.1) is 12.5 Å². The van der Waals surface area contributed by atoms with Crippen molar-refractivity contribution >= 4 is 17.5 Å². The molecule has 7 heteroatoms. The van der Waals surface area contributed by atoms with Gasteiger partial charge in [0.25, 0.3) is 0 Å². The third-order valence-electron chi connectivity index (χ3n) is 4.46. The van der Waals surface area contributed by atoms with Crippen LogP contribution in [0.1, 0.15) is 12.0 Å². The largest absolute Gasteiger partial charge is 0.486 e. The molecule has 1 aromatic carbocycles. The summed E-state index contributed by atoms with van der Waals surface area (Å²) in [5.41, 5.74) is 0.753. The van der Waals surface area contributed by atoms with Crippen LogP contribution in [0.5, 0.6) is 11.5 Å². The molecular formula is C17H23ClN2O4. The summed E-state index contributed by atoms with van der Waals surface area (Å²) in [6, 6.07) is 3.48. The first-order valence-corrected chi connectivity index (χ1v) is 8.63.